The third-order valence-corrected chi connectivity index (χ3v) is 6.95. The van der Waals surface area contributed by atoms with Crippen LogP contribution in [-0.4, -0.2) is 31.1 Å². The van der Waals surface area contributed by atoms with Crippen LogP contribution in [0.1, 0.15) is 53.6 Å². The minimum Gasteiger partial charge on any atom is -0.486 e. The molecule has 7 nitrogen and oxygen atoms in total. The monoisotopic (exact) mass is 466 g/mol. The van der Waals surface area contributed by atoms with Gasteiger partial charge in [-0.2, -0.15) is 0 Å². The van der Waals surface area contributed by atoms with Gasteiger partial charge in [-0.3, -0.25) is 14.5 Å². The van der Waals surface area contributed by atoms with Gasteiger partial charge in [-0.25, -0.2) is 0 Å². The standard InChI is InChI=1S/C25H26N2O5S/c28-24(26-17-6-2-1-3-7-17)23(22-9-5-15-33-22)27(25(29)20-8-4-12-30-20)18-10-11-19-21(16-18)32-14-13-31-19/h4-5,8-12,15-17,23H,1-3,6-7,13-14H2,(H,26,28)/t23-/m1/s1. The van der Waals surface area contributed by atoms with Crippen molar-refractivity contribution in [3.63, 3.8) is 0 Å². The first-order valence-corrected chi connectivity index (χ1v) is 12.2. The number of amides is 2. The predicted octanol–water partition coefficient (Wildman–Crippen LogP) is 4.95. The molecule has 1 aliphatic heterocycles. The molecule has 1 N–H and O–H groups in total. The molecule has 33 heavy (non-hydrogen) atoms. The largest absolute Gasteiger partial charge is 0.486 e. The second-order valence-electron chi connectivity index (χ2n) is 8.24. The lowest BCUT2D eigenvalue weighted by atomic mass is 9.95. The van der Waals surface area contributed by atoms with Gasteiger partial charge in [0.15, 0.2) is 23.3 Å². The summed E-state index contributed by atoms with van der Waals surface area (Å²) in [7, 11) is 0. The molecule has 1 aromatic carbocycles. The lowest BCUT2D eigenvalue weighted by Gasteiger charge is -2.32. The molecule has 1 fully saturated rings. The highest BCUT2D eigenvalue weighted by molar-refractivity contribution is 7.10. The van der Waals surface area contributed by atoms with E-state index in [1.165, 1.54) is 28.9 Å². The highest BCUT2D eigenvalue weighted by atomic mass is 32.1. The number of furan rings is 1. The molecule has 2 aliphatic rings. The molecule has 0 bridgehead atoms. The third-order valence-electron chi connectivity index (χ3n) is 6.03. The maximum atomic E-state index is 13.7. The Balaban J connectivity index is 1.56. The van der Waals surface area contributed by atoms with Crippen molar-refractivity contribution in [3.05, 3.63) is 64.7 Å². The van der Waals surface area contributed by atoms with Crippen LogP contribution in [0.15, 0.2) is 58.5 Å². The SMILES string of the molecule is O=C(NC1CCCCC1)[C@@H](c1cccs1)N(C(=O)c1ccco1)c1ccc2c(c1)OCCO2. The quantitative estimate of drug-likeness (QED) is 0.556. The Bertz CT molecular complexity index is 1090. The summed E-state index contributed by atoms with van der Waals surface area (Å²) in [5, 5.41) is 5.12. The number of hydrogen-bond donors (Lipinski definition) is 1. The highest BCUT2D eigenvalue weighted by Crippen LogP contribution is 2.38. The van der Waals surface area contributed by atoms with E-state index in [-0.39, 0.29) is 17.7 Å². The van der Waals surface area contributed by atoms with Gasteiger partial charge in [0.05, 0.1) is 6.26 Å². The molecule has 3 aromatic rings. The van der Waals surface area contributed by atoms with Crippen LogP contribution in [0.3, 0.4) is 0 Å². The van der Waals surface area contributed by atoms with Gasteiger partial charge in [0, 0.05) is 22.7 Å². The normalized spacial score (nSPS) is 16.7. The van der Waals surface area contributed by atoms with Gasteiger partial charge in [0.1, 0.15) is 13.2 Å². The fourth-order valence-corrected chi connectivity index (χ4v) is 5.24. The second kappa shape index (κ2) is 9.70. The van der Waals surface area contributed by atoms with Gasteiger partial charge in [0.2, 0.25) is 5.91 Å². The van der Waals surface area contributed by atoms with Crippen LogP contribution >= 0.6 is 11.3 Å². The first kappa shape index (κ1) is 21.6. The minimum atomic E-state index is -0.841. The fraction of sp³-hybridized carbons (Fsp3) is 0.360. The van der Waals surface area contributed by atoms with Crippen molar-refractivity contribution in [1.29, 1.82) is 0 Å². The predicted molar refractivity (Wildman–Crippen MR) is 125 cm³/mol. The zero-order valence-electron chi connectivity index (χ0n) is 18.2. The Morgan fingerprint density at radius 2 is 1.82 bits per heavy atom. The van der Waals surface area contributed by atoms with Crippen molar-refractivity contribution in [3.8, 4) is 11.5 Å². The number of carbonyl (C=O) groups excluding carboxylic acids is 2. The highest BCUT2D eigenvalue weighted by Gasteiger charge is 2.36. The maximum absolute atomic E-state index is 13.7. The summed E-state index contributed by atoms with van der Waals surface area (Å²) < 4.78 is 16.8. The lowest BCUT2D eigenvalue weighted by molar-refractivity contribution is -0.123. The molecule has 1 aliphatic carbocycles. The molecule has 8 heteroatoms. The molecule has 172 valence electrons. The molecule has 5 rings (SSSR count). The molecule has 0 spiro atoms. The maximum Gasteiger partial charge on any atom is 0.295 e. The number of nitrogens with one attached hydrogen (secondary N) is 1. The number of thiophene rings is 1. The van der Waals surface area contributed by atoms with Crippen LogP contribution in [0, 0.1) is 0 Å². The average molecular weight is 467 g/mol. The average Bonchev–Trinajstić information content (AvgIpc) is 3.57. The zero-order valence-corrected chi connectivity index (χ0v) is 19.0. The lowest BCUT2D eigenvalue weighted by Crippen LogP contribution is -2.47. The van der Waals surface area contributed by atoms with Crippen molar-refractivity contribution in [2.45, 2.75) is 44.2 Å². The van der Waals surface area contributed by atoms with Crippen molar-refractivity contribution in [1.82, 2.24) is 5.32 Å². The third kappa shape index (κ3) is 4.61. The van der Waals surface area contributed by atoms with E-state index >= 15 is 0 Å². The second-order valence-corrected chi connectivity index (χ2v) is 9.22. The summed E-state index contributed by atoms with van der Waals surface area (Å²) in [6.45, 7) is 0.905. The molecule has 2 aromatic heterocycles. The number of carbonyl (C=O) groups is 2. The molecular formula is C25H26N2O5S. The van der Waals surface area contributed by atoms with E-state index in [2.05, 4.69) is 5.32 Å². The summed E-state index contributed by atoms with van der Waals surface area (Å²) >= 11 is 1.45. The van der Waals surface area contributed by atoms with Crippen molar-refractivity contribution < 1.29 is 23.5 Å². The fourth-order valence-electron chi connectivity index (χ4n) is 4.43. The number of fused-ring (bicyclic) bond motifs is 1. The Hall–Kier alpha value is -3.26. The van der Waals surface area contributed by atoms with E-state index in [0.717, 1.165) is 30.6 Å². The van der Waals surface area contributed by atoms with Gasteiger partial charge >= 0.3 is 0 Å². The van der Waals surface area contributed by atoms with Crippen molar-refractivity contribution in [2.75, 3.05) is 18.1 Å². The number of benzene rings is 1. The van der Waals surface area contributed by atoms with Gasteiger partial charge in [-0.15, -0.1) is 11.3 Å². The number of rotatable bonds is 6. The molecule has 1 atom stereocenters. The van der Waals surface area contributed by atoms with Crippen LogP contribution in [0.2, 0.25) is 0 Å². The summed E-state index contributed by atoms with van der Waals surface area (Å²) in [4.78, 5) is 29.7. The van der Waals surface area contributed by atoms with Crippen molar-refractivity contribution >= 4 is 28.8 Å². The molecular weight excluding hydrogens is 440 g/mol. The molecule has 3 heterocycles. The molecule has 0 radical (unpaired) electrons. The van der Waals surface area contributed by atoms with E-state index in [1.54, 1.807) is 30.3 Å². The summed E-state index contributed by atoms with van der Waals surface area (Å²) in [5.41, 5.74) is 0.540. The zero-order chi connectivity index (χ0) is 22.6. The van der Waals surface area contributed by atoms with Crippen molar-refractivity contribution in [2.24, 2.45) is 0 Å². The summed E-state index contributed by atoms with van der Waals surface area (Å²) in [5.74, 6) is 0.744. The van der Waals surface area contributed by atoms with Crippen LogP contribution in [0.4, 0.5) is 5.69 Å². The molecule has 2 amide bonds. The first-order valence-electron chi connectivity index (χ1n) is 11.3. The number of hydrogen-bond acceptors (Lipinski definition) is 6. The number of ether oxygens (including phenoxy) is 2. The van der Waals surface area contributed by atoms with Crippen LogP contribution in [0.25, 0.3) is 0 Å². The Morgan fingerprint density at radius 1 is 1.00 bits per heavy atom. The minimum absolute atomic E-state index is 0.120. The van der Waals surface area contributed by atoms with Gasteiger partial charge in [-0.1, -0.05) is 25.3 Å². The van der Waals surface area contributed by atoms with E-state index in [9.17, 15) is 9.59 Å². The van der Waals surface area contributed by atoms with E-state index in [0.29, 0.717) is 30.4 Å². The Kier molecular flexibility index (Phi) is 6.35. The Morgan fingerprint density at radius 3 is 2.55 bits per heavy atom. The smallest absolute Gasteiger partial charge is 0.295 e. The van der Waals surface area contributed by atoms with Crippen LogP contribution < -0.4 is 19.7 Å². The van der Waals surface area contributed by atoms with E-state index in [4.69, 9.17) is 13.9 Å². The topological polar surface area (TPSA) is 81.0 Å². The first-order chi connectivity index (χ1) is 16.2. The molecule has 1 saturated carbocycles. The summed E-state index contributed by atoms with van der Waals surface area (Å²) in [6, 6.07) is 11.6. The van der Waals surface area contributed by atoms with Crippen LogP contribution in [0.5, 0.6) is 11.5 Å². The van der Waals surface area contributed by atoms with E-state index < -0.39 is 11.9 Å². The molecule has 0 saturated heterocycles. The summed E-state index contributed by atoms with van der Waals surface area (Å²) in [6.07, 6.45) is 6.77. The van der Waals surface area contributed by atoms with Crippen LogP contribution in [-0.2, 0) is 4.79 Å². The number of nitrogens with zero attached hydrogens (tertiary/aromatic N) is 1. The van der Waals surface area contributed by atoms with Gasteiger partial charge in [0.25, 0.3) is 5.91 Å². The molecule has 0 unspecified atom stereocenters. The Labute approximate surface area is 196 Å². The van der Waals surface area contributed by atoms with E-state index in [1.807, 2.05) is 17.5 Å². The van der Waals surface area contributed by atoms with Gasteiger partial charge < -0.3 is 19.2 Å². The number of anilines is 1. The van der Waals surface area contributed by atoms with Gasteiger partial charge in [-0.05, 0) is 48.6 Å².